The Bertz CT molecular complexity index is 575. The minimum absolute atomic E-state index is 0.131. The zero-order chi connectivity index (χ0) is 18.9. The Hall–Kier alpha value is -1.50. The highest BCUT2D eigenvalue weighted by Gasteiger charge is 2.19. The number of likely N-dealkylation sites (tertiary alicyclic amines) is 1. The van der Waals surface area contributed by atoms with Crippen LogP contribution in [0.2, 0.25) is 0 Å². The van der Waals surface area contributed by atoms with Crippen LogP contribution < -0.4 is 0 Å². The molecule has 0 saturated carbocycles. The van der Waals surface area contributed by atoms with E-state index in [9.17, 15) is 14.3 Å². The van der Waals surface area contributed by atoms with Gasteiger partial charge in [-0.05, 0) is 63.4 Å². The number of hydrogen-bond donors (Lipinski definition) is 1. The van der Waals surface area contributed by atoms with Gasteiger partial charge in [0.25, 0.3) is 0 Å². The normalized spacial score (nSPS) is 17.2. The van der Waals surface area contributed by atoms with Crippen molar-refractivity contribution < 1.29 is 23.8 Å². The van der Waals surface area contributed by atoms with Crippen molar-refractivity contribution in [3.63, 3.8) is 0 Å². The van der Waals surface area contributed by atoms with Crippen LogP contribution in [0.25, 0.3) is 0 Å². The highest BCUT2D eigenvalue weighted by Crippen LogP contribution is 2.25. The minimum Gasteiger partial charge on any atom is -0.466 e. The van der Waals surface area contributed by atoms with Gasteiger partial charge in [-0.25, -0.2) is 4.39 Å². The van der Waals surface area contributed by atoms with Gasteiger partial charge in [-0.2, -0.15) is 0 Å². The van der Waals surface area contributed by atoms with Gasteiger partial charge in [-0.1, -0.05) is 12.1 Å². The molecule has 5 nitrogen and oxygen atoms in total. The van der Waals surface area contributed by atoms with E-state index in [2.05, 4.69) is 4.90 Å². The number of aliphatic hydroxyl groups is 1. The molecule has 1 aromatic rings. The first-order valence-electron chi connectivity index (χ1n) is 9.46. The summed E-state index contributed by atoms with van der Waals surface area (Å²) in [6.45, 7) is 6.75. The number of aliphatic hydroxyl groups excluding tert-OH is 1. The molecule has 2 rings (SSSR count). The summed E-state index contributed by atoms with van der Waals surface area (Å²) in [5.74, 6) is -0.684. The molecule has 1 N–H and O–H groups in total. The van der Waals surface area contributed by atoms with Crippen LogP contribution in [0.5, 0.6) is 0 Å². The van der Waals surface area contributed by atoms with Crippen LogP contribution in [0.1, 0.15) is 50.3 Å². The molecule has 1 aromatic carbocycles. The molecule has 1 aliphatic rings. The molecule has 0 radical (unpaired) electrons. The summed E-state index contributed by atoms with van der Waals surface area (Å²) in [4.78, 5) is 13.8. The summed E-state index contributed by atoms with van der Waals surface area (Å²) in [7, 11) is 0. The van der Waals surface area contributed by atoms with Crippen molar-refractivity contribution in [3.05, 3.63) is 35.1 Å². The van der Waals surface area contributed by atoms with E-state index >= 15 is 0 Å². The van der Waals surface area contributed by atoms with Gasteiger partial charge >= 0.3 is 5.97 Å². The number of carbonyl (C=O) groups is 1. The second-order valence-electron chi connectivity index (χ2n) is 6.75. The summed E-state index contributed by atoms with van der Waals surface area (Å²) in [5.41, 5.74) is 1.18. The van der Waals surface area contributed by atoms with E-state index in [1.807, 2.05) is 6.92 Å². The van der Waals surface area contributed by atoms with Crippen molar-refractivity contribution in [1.29, 1.82) is 0 Å². The van der Waals surface area contributed by atoms with Gasteiger partial charge in [0.1, 0.15) is 5.82 Å². The second-order valence-corrected chi connectivity index (χ2v) is 6.75. The first kappa shape index (κ1) is 20.8. The molecule has 1 aliphatic heterocycles. The fourth-order valence-electron chi connectivity index (χ4n) is 3.34. The summed E-state index contributed by atoms with van der Waals surface area (Å²) in [5, 5.41) is 10.2. The molecule has 0 bridgehead atoms. The van der Waals surface area contributed by atoms with Crippen molar-refractivity contribution in [3.8, 4) is 0 Å². The third-order valence-corrected chi connectivity index (χ3v) is 4.68. The van der Waals surface area contributed by atoms with Gasteiger partial charge in [0.2, 0.25) is 0 Å². The van der Waals surface area contributed by atoms with E-state index in [0.29, 0.717) is 24.3 Å². The van der Waals surface area contributed by atoms with Crippen molar-refractivity contribution in [2.75, 3.05) is 32.8 Å². The molecule has 146 valence electrons. The Labute approximate surface area is 155 Å². The van der Waals surface area contributed by atoms with Gasteiger partial charge in [-0.15, -0.1) is 0 Å². The quantitative estimate of drug-likeness (QED) is 0.645. The van der Waals surface area contributed by atoms with Gasteiger partial charge in [0.15, 0.2) is 0 Å². The number of β-amino-alcohol motifs (C(OH)–C–C–N with tert-alkyl or cyclic N) is 1. The number of hydrogen-bond acceptors (Lipinski definition) is 5. The van der Waals surface area contributed by atoms with Gasteiger partial charge in [0, 0.05) is 13.0 Å². The topological polar surface area (TPSA) is 59.0 Å². The molecule has 1 saturated heterocycles. The Morgan fingerprint density at radius 3 is 2.77 bits per heavy atom. The van der Waals surface area contributed by atoms with Crippen LogP contribution in [0.15, 0.2) is 18.2 Å². The van der Waals surface area contributed by atoms with Crippen LogP contribution in [0.3, 0.4) is 0 Å². The Kier molecular flexibility index (Phi) is 8.48. The summed E-state index contributed by atoms with van der Waals surface area (Å²) >= 11 is 0. The Morgan fingerprint density at radius 1 is 1.35 bits per heavy atom. The molecule has 0 spiro atoms. The number of nitrogens with zero attached hydrogens (tertiary/aromatic N) is 1. The largest absolute Gasteiger partial charge is 0.466 e. The van der Waals surface area contributed by atoms with Crippen molar-refractivity contribution >= 4 is 5.97 Å². The number of carbonyl (C=O) groups excluding carboxylic acids is 1. The smallest absolute Gasteiger partial charge is 0.306 e. The highest BCUT2D eigenvalue weighted by molar-refractivity contribution is 5.69. The Morgan fingerprint density at radius 2 is 2.08 bits per heavy atom. The predicted octanol–water partition coefficient (Wildman–Crippen LogP) is 2.86. The molecule has 2 atom stereocenters. The van der Waals surface area contributed by atoms with E-state index in [0.717, 1.165) is 13.1 Å². The number of rotatable bonds is 10. The molecule has 6 heteroatoms. The van der Waals surface area contributed by atoms with E-state index in [1.54, 1.807) is 19.1 Å². The monoisotopic (exact) mass is 367 g/mol. The van der Waals surface area contributed by atoms with Crippen LogP contribution in [0, 0.1) is 5.82 Å². The lowest BCUT2D eigenvalue weighted by Crippen LogP contribution is -2.33. The zero-order valence-electron chi connectivity index (χ0n) is 15.7. The van der Waals surface area contributed by atoms with Gasteiger partial charge in [-0.3, -0.25) is 4.79 Å². The molecule has 0 amide bonds. The maximum Gasteiger partial charge on any atom is 0.306 e. The first-order valence-corrected chi connectivity index (χ1v) is 9.46. The highest BCUT2D eigenvalue weighted by atomic mass is 19.1. The Balaban J connectivity index is 1.91. The van der Waals surface area contributed by atoms with Crippen molar-refractivity contribution in [1.82, 2.24) is 4.90 Å². The predicted molar refractivity (Wildman–Crippen MR) is 97.4 cm³/mol. The maximum absolute atomic E-state index is 14.3. The van der Waals surface area contributed by atoms with E-state index in [-0.39, 0.29) is 37.3 Å². The number of ether oxygens (including phenoxy) is 2. The third-order valence-electron chi connectivity index (χ3n) is 4.68. The molecule has 0 aliphatic carbocycles. The number of esters is 1. The average molecular weight is 367 g/mol. The lowest BCUT2D eigenvalue weighted by Gasteiger charge is -2.22. The van der Waals surface area contributed by atoms with E-state index in [1.165, 1.54) is 18.9 Å². The van der Waals surface area contributed by atoms with Crippen LogP contribution in [0.4, 0.5) is 4.39 Å². The standard InChI is InChI=1S/C20H30FNO4/c1-3-25-20(24)10-9-18-17(7-6-8-19(18)21)15(2)26-14-16(23)13-22-11-4-5-12-22/h6-8,15-16,23H,3-5,9-14H2,1-2H3/t15-,16-/m1/s1. The van der Waals surface area contributed by atoms with Crippen molar-refractivity contribution in [2.24, 2.45) is 0 Å². The fourth-order valence-corrected chi connectivity index (χ4v) is 3.34. The van der Waals surface area contributed by atoms with Crippen molar-refractivity contribution in [2.45, 2.75) is 51.7 Å². The van der Waals surface area contributed by atoms with Crippen LogP contribution >= 0.6 is 0 Å². The van der Waals surface area contributed by atoms with E-state index in [4.69, 9.17) is 9.47 Å². The summed E-state index contributed by atoms with van der Waals surface area (Å²) in [6.07, 6.45) is 1.83. The zero-order valence-corrected chi connectivity index (χ0v) is 15.7. The molecule has 1 fully saturated rings. The molecular formula is C20H30FNO4. The number of benzene rings is 1. The molecular weight excluding hydrogens is 337 g/mol. The SMILES string of the molecule is CCOC(=O)CCc1c(F)cccc1[C@@H](C)OC[C@H](O)CN1CCCC1. The molecule has 1 heterocycles. The third kappa shape index (κ3) is 6.34. The second kappa shape index (κ2) is 10.6. The fraction of sp³-hybridized carbons (Fsp3) is 0.650. The van der Waals surface area contributed by atoms with E-state index < -0.39 is 6.10 Å². The minimum atomic E-state index is -0.563. The lowest BCUT2D eigenvalue weighted by atomic mass is 9.98. The lowest BCUT2D eigenvalue weighted by molar-refractivity contribution is -0.143. The molecule has 0 unspecified atom stereocenters. The first-order chi connectivity index (χ1) is 12.5. The molecule has 0 aromatic heterocycles. The summed E-state index contributed by atoms with van der Waals surface area (Å²) < 4.78 is 25.0. The van der Waals surface area contributed by atoms with Crippen LogP contribution in [-0.4, -0.2) is 54.9 Å². The van der Waals surface area contributed by atoms with Crippen LogP contribution in [-0.2, 0) is 20.7 Å². The average Bonchev–Trinajstić information content (AvgIpc) is 3.11. The van der Waals surface area contributed by atoms with Gasteiger partial charge in [0.05, 0.1) is 25.4 Å². The maximum atomic E-state index is 14.3. The summed E-state index contributed by atoms with van der Waals surface area (Å²) in [6, 6.07) is 4.83. The number of halogens is 1. The van der Waals surface area contributed by atoms with Gasteiger partial charge < -0.3 is 19.5 Å². The molecule has 26 heavy (non-hydrogen) atoms.